The molecule has 0 saturated carbocycles. The molecular formula is C20H22FN3. The Labute approximate surface area is 142 Å². The molecule has 3 rings (SSSR count). The van der Waals surface area contributed by atoms with Gasteiger partial charge in [-0.3, -0.25) is 0 Å². The Kier molecular flexibility index (Phi) is 4.47. The van der Waals surface area contributed by atoms with E-state index in [9.17, 15) is 4.39 Å². The predicted molar refractivity (Wildman–Crippen MR) is 96.8 cm³/mol. The Hall–Kier alpha value is -2.49. The molecule has 0 saturated heterocycles. The number of aromatic nitrogens is 2. The van der Waals surface area contributed by atoms with Crippen LogP contribution in [0, 0.1) is 5.82 Å². The Morgan fingerprint density at radius 1 is 1.00 bits per heavy atom. The van der Waals surface area contributed by atoms with Gasteiger partial charge in [0, 0.05) is 11.9 Å². The number of hydrogen-bond acceptors (Lipinski definition) is 3. The molecule has 3 nitrogen and oxygen atoms in total. The predicted octanol–water partition coefficient (Wildman–Crippen LogP) is 4.72. The molecule has 124 valence electrons. The van der Waals surface area contributed by atoms with Crippen molar-refractivity contribution in [3.8, 4) is 0 Å². The molecule has 0 unspecified atom stereocenters. The van der Waals surface area contributed by atoms with Crippen LogP contribution in [0.2, 0.25) is 0 Å². The van der Waals surface area contributed by atoms with Gasteiger partial charge in [-0.1, -0.05) is 45.0 Å². The zero-order chi connectivity index (χ0) is 17.2. The Morgan fingerprint density at radius 2 is 1.75 bits per heavy atom. The van der Waals surface area contributed by atoms with Crippen LogP contribution in [-0.2, 0) is 11.8 Å². The van der Waals surface area contributed by atoms with Gasteiger partial charge in [-0.05, 0) is 41.2 Å². The lowest BCUT2D eigenvalue weighted by molar-refractivity contribution is 0.590. The molecule has 0 radical (unpaired) electrons. The summed E-state index contributed by atoms with van der Waals surface area (Å²) in [5.41, 5.74) is 3.50. The Bertz CT molecular complexity index is 836. The summed E-state index contributed by atoms with van der Waals surface area (Å²) >= 11 is 0. The molecule has 4 heteroatoms. The fourth-order valence-corrected chi connectivity index (χ4v) is 2.67. The lowest BCUT2D eigenvalue weighted by Crippen LogP contribution is -2.11. The van der Waals surface area contributed by atoms with Crippen LogP contribution in [-0.4, -0.2) is 16.5 Å². The molecule has 0 fully saturated rings. The minimum atomic E-state index is -0.280. The lowest BCUT2D eigenvalue weighted by Gasteiger charge is -2.19. The van der Waals surface area contributed by atoms with Crippen molar-refractivity contribution in [1.29, 1.82) is 0 Å². The van der Waals surface area contributed by atoms with Crippen molar-refractivity contribution >= 4 is 16.7 Å². The van der Waals surface area contributed by atoms with E-state index in [1.165, 1.54) is 29.6 Å². The van der Waals surface area contributed by atoms with E-state index in [-0.39, 0.29) is 11.2 Å². The fraction of sp³-hybridized carbons (Fsp3) is 0.300. The van der Waals surface area contributed by atoms with E-state index in [0.29, 0.717) is 11.2 Å². The summed E-state index contributed by atoms with van der Waals surface area (Å²) in [6.07, 6.45) is 2.38. The third kappa shape index (κ3) is 3.70. The monoisotopic (exact) mass is 323 g/mol. The van der Waals surface area contributed by atoms with Crippen molar-refractivity contribution < 1.29 is 4.39 Å². The van der Waals surface area contributed by atoms with Crippen LogP contribution in [0.1, 0.15) is 31.9 Å². The van der Waals surface area contributed by atoms with Crippen molar-refractivity contribution in [2.75, 3.05) is 11.9 Å². The summed E-state index contributed by atoms with van der Waals surface area (Å²) in [6, 6.07) is 13.3. The smallest absolute Gasteiger partial charge is 0.137 e. The van der Waals surface area contributed by atoms with E-state index in [2.05, 4.69) is 60.3 Å². The molecule has 0 aliphatic heterocycles. The van der Waals surface area contributed by atoms with Crippen molar-refractivity contribution in [1.82, 2.24) is 9.97 Å². The molecular weight excluding hydrogens is 301 g/mol. The van der Waals surface area contributed by atoms with E-state index in [1.54, 1.807) is 6.07 Å². The summed E-state index contributed by atoms with van der Waals surface area (Å²) in [5, 5.41) is 4.00. The van der Waals surface area contributed by atoms with Gasteiger partial charge in [0.15, 0.2) is 0 Å². The van der Waals surface area contributed by atoms with E-state index in [4.69, 9.17) is 0 Å². The highest BCUT2D eigenvalue weighted by molar-refractivity contribution is 5.88. The molecule has 24 heavy (non-hydrogen) atoms. The summed E-state index contributed by atoms with van der Waals surface area (Å²) < 4.78 is 13.5. The number of hydrogen-bond donors (Lipinski definition) is 1. The topological polar surface area (TPSA) is 37.8 Å². The van der Waals surface area contributed by atoms with Crippen LogP contribution < -0.4 is 5.32 Å². The van der Waals surface area contributed by atoms with Gasteiger partial charge in [0.05, 0.1) is 5.52 Å². The summed E-state index contributed by atoms with van der Waals surface area (Å²) in [7, 11) is 0. The zero-order valence-electron chi connectivity index (χ0n) is 14.3. The number of anilines is 1. The van der Waals surface area contributed by atoms with Crippen molar-refractivity contribution in [3.63, 3.8) is 0 Å². The van der Waals surface area contributed by atoms with Gasteiger partial charge < -0.3 is 5.32 Å². The van der Waals surface area contributed by atoms with Crippen LogP contribution in [0.15, 0.2) is 48.8 Å². The quantitative estimate of drug-likeness (QED) is 0.755. The molecule has 0 amide bonds. The molecule has 2 aromatic carbocycles. The van der Waals surface area contributed by atoms with Gasteiger partial charge in [0.1, 0.15) is 18.0 Å². The Balaban J connectivity index is 1.68. The second-order valence-electron chi connectivity index (χ2n) is 7.01. The Morgan fingerprint density at radius 3 is 2.46 bits per heavy atom. The molecule has 1 heterocycles. The SMILES string of the molecule is CC(C)(C)c1ccc(CCNc2ncnc3ccc(F)cc23)cc1. The molecule has 1 aromatic heterocycles. The maximum atomic E-state index is 13.5. The van der Waals surface area contributed by atoms with Crippen LogP contribution in [0.25, 0.3) is 10.9 Å². The maximum Gasteiger partial charge on any atom is 0.137 e. The lowest BCUT2D eigenvalue weighted by atomic mass is 9.86. The van der Waals surface area contributed by atoms with Crippen LogP contribution >= 0.6 is 0 Å². The average Bonchev–Trinajstić information content (AvgIpc) is 2.55. The van der Waals surface area contributed by atoms with E-state index in [0.717, 1.165) is 18.5 Å². The van der Waals surface area contributed by atoms with Crippen LogP contribution in [0.3, 0.4) is 0 Å². The summed E-state index contributed by atoms with van der Waals surface area (Å²) in [4.78, 5) is 8.40. The van der Waals surface area contributed by atoms with Gasteiger partial charge in [0.2, 0.25) is 0 Å². The first-order chi connectivity index (χ1) is 11.4. The first kappa shape index (κ1) is 16.4. The standard InChI is InChI=1S/C20H22FN3/c1-20(2,3)15-6-4-14(5-7-15)10-11-22-19-17-12-16(21)8-9-18(17)23-13-24-19/h4-9,12-13H,10-11H2,1-3H3,(H,22,23,24). The average molecular weight is 323 g/mol. The van der Waals surface area contributed by atoms with Crippen LogP contribution in [0.5, 0.6) is 0 Å². The summed E-state index contributed by atoms with van der Waals surface area (Å²) in [5.74, 6) is 0.393. The second kappa shape index (κ2) is 6.56. The van der Waals surface area contributed by atoms with Crippen LogP contribution in [0.4, 0.5) is 10.2 Å². The first-order valence-electron chi connectivity index (χ1n) is 8.17. The number of halogens is 1. The molecule has 0 atom stereocenters. The first-order valence-corrected chi connectivity index (χ1v) is 8.17. The minimum absolute atomic E-state index is 0.167. The number of nitrogens with zero attached hydrogens (tertiary/aromatic N) is 2. The van der Waals surface area contributed by atoms with Gasteiger partial charge in [-0.15, -0.1) is 0 Å². The molecule has 1 N–H and O–H groups in total. The summed E-state index contributed by atoms with van der Waals surface area (Å²) in [6.45, 7) is 7.37. The highest BCUT2D eigenvalue weighted by Gasteiger charge is 2.12. The third-order valence-electron chi connectivity index (χ3n) is 4.12. The molecule has 0 spiro atoms. The molecule has 0 aliphatic carbocycles. The number of fused-ring (bicyclic) bond motifs is 1. The van der Waals surface area contributed by atoms with E-state index >= 15 is 0 Å². The van der Waals surface area contributed by atoms with Crippen molar-refractivity contribution in [2.24, 2.45) is 0 Å². The third-order valence-corrected chi connectivity index (χ3v) is 4.12. The normalized spacial score (nSPS) is 11.7. The number of rotatable bonds is 4. The van der Waals surface area contributed by atoms with E-state index < -0.39 is 0 Å². The van der Waals surface area contributed by atoms with Gasteiger partial charge in [-0.2, -0.15) is 0 Å². The number of nitrogens with one attached hydrogen (secondary N) is 1. The molecule has 0 aliphatic rings. The fourth-order valence-electron chi connectivity index (χ4n) is 2.67. The van der Waals surface area contributed by atoms with Crippen molar-refractivity contribution in [3.05, 3.63) is 65.7 Å². The number of benzene rings is 2. The van der Waals surface area contributed by atoms with Gasteiger partial charge >= 0.3 is 0 Å². The molecule has 3 aromatic rings. The zero-order valence-corrected chi connectivity index (χ0v) is 14.3. The largest absolute Gasteiger partial charge is 0.369 e. The van der Waals surface area contributed by atoms with Gasteiger partial charge in [-0.25, -0.2) is 14.4 Å². The maximum absolute atomic E-state index is 13.5. The highest BCUT2D eigenvalue weighted by atomic mass is 19.1. The molecule has 0 bridgehead atoms. The second-order valence-corrected chi connectivity index (χ2v) is 7.01. The van der Waals surface area contributed by atoms with E-state index in [1.807, 2.05) is 0 Å². The van der Waals surface area contributed by atoms with Crippen molar-refractivity contribution in [2.45, 2.75) is 32.6 Å². The van der Waals surface area contributed by atoms with Gasteiger partial charge in [0.25, 0.3) is 0 Å². The highest BCUT2D eigenvalue weighted by Crippen LogP contribution is 2.23. The minimum Gasteiger partial charge on any atom is -0.369 e.